The van der Waals surface area contributed by atoms with Gasteiger partial charge in [0.05, 0.1) is 12.2 Å². The van der Waals surface area contributed by atoms with Crippen molar-refractivity contribution in [1.82, 2.24) is 5.06 Å². The first-order valence-electron chi connectivity index (χ1n) is 7.55. The fraction of sp³-hybridized carbons (Fsp3) is 0.438. The number of benzene rings is 1. The standard InChI is InChI=1S/C16H24N4O/c1-2-3-4-5-12-20(16(17)18)21-14-10-6-8-13-9-7-11-19-15(13)14/h6-10,19H,2-5,11-12H2,1H3,(H3,17,18). The zero-order valence-corrected chi connectivity index (χ0v) is 12.6. The molecular formula is C16H24N4O. The third-order valence-electron chi connectivity index (χ3n) is 3.44. The summed E-state index contributed by atoms with van der Waals surface area (Å²) in [6.45, 7) is 3.59. The Morgan fingerprint density at radius 2 is 2.24 bits per heavy atom. The number of nitrogens with zero attached hydrogens (tertiary/aromatic N) is 1. The van der Waals surface area contributed by atoms with Gasteiger partial charge < -0.3 is 15.9 Å². The number of nitrogens with one attached hydrogen (secondary N) is 2. The number of para-hydroxylation sites is 1. The summed E-state index contributed by atoms with van der Waals surface area (Å²) in [5, 5.41) is 12.4. The predicted molar refractivity (Wildman–Crippen MR) is 87.4 cm³/mol. The van der Waals surface area contributed by atoms with Crippen molar-refractivity contribution in [3.05, 3.63) is 29.8 Å². The maximum atomic E-state index is 7.67. The van der Waals surface area contributed by atoms with Crippen LogP contribution in [0.15, 0.2) is 24.3 Å². The summed E-state index contributed by atoms with van der Waals surface area (Å²) in [5.74, 6) is 0.651. The smallest absolute Gasteiger partial charge is 0.222 e. The number of anilines is 1. The monoisotopic (exact) mass is 288 g/mol. The van der Waals surface area contributed by atoms with Crippen molar-refractivity contribution >= 4 is 17.7 Å². The van der Waals surface area contributed by atoms with E-state index in [2.05, 4.69) is 24.4 Å². The third-order valence-corrected chi connectivity index (χ3v) is 3.44. The Labute approximate surface area is 126 Å². The van der Waals surface area contributed by atoms with E-state index < -0.39 is 0 Å². The molecule has 21 heavy (non-hydrogen) atoms. The minimum Gasteiger partial charge on any atom is -0.378 e. The molecule has 1 aromatic carbocycles. The van der Waals surface area contributed by atoms with E-state index in [1.54, 1.807) is 0 Å². The molecule has 0 saturated heterocycles. The van der Waals surface area contributed by atoms with Crippen LogP contribution in [-0.4, -0.2) is 24.1 Å². The number of hydrogen-bond donors (Lipinski definition) is 3. The molecule has 5 heteroatoms. The van der Waals surface area contributed by atoms with Crippen LogP contribution in [0.25, 0.3) is 6.08 Å². The molecule has 0 bridgehead atoms. The van der Waals surface area contributed by atoms with E-state index in [1.807, 2.05) is 18.2 Å². The molecular weight excluding hydrogens is 264 g/mol. The lowest BCUT2D eigenvalue weighted by Crippen LogP contribution is -2.40. The average Bonchev–Trinajstić information content (AvgIpc) is 2.50. The summed E-state index contributed by atoms with van der Waals surface area (Å²) in [7, 11) is 0. The summed E-state index contributed by atoms with van der Waals surface area (Å²) in [5.41, 5.74) is 7.67. The van der Waals surface area contributed by atoms with Crippen LogP contribution in [0.3, 0.4) is 0 Å². The van der Waals surface area contributed by atoms with Gasteiger partial charge in [0, 0.05) is 12.1 Å². The number of nitrogens with two attached hydrogens (primary N) is 1. The second-order valence-electron chi connectivity index (χ2n) is 5.14. The molecule has 0 aliphatic carbocycles. The Bertz CT molecular complexity index is 513. The summed E-state index contributed by atoms with van der Waals surface area (Å²) < 4.78 is 0. The van der Waals surface area contributed by atoms with Crippen LogP contribution >= 0.6 is 0 Å². The molecule has 1 aliphatic rings. The number of rotatable bonds is 7. The molecule has 0 spiro atoms. The number of fused-ring (bicyclic) bond motifs is 1. The van der Waals surface area contributed by atoms with Gasteiger partial charge in [0.25, 0.3) is 0 Å². The number of hydroxylamine groups is 2. The lowest BCUT2D eigenvalue weighted by Gasteiger charge is -2.25. The molecule has 0 radical (unpaired) electrons. The van der Waals surface area contributed by atoms with Gasteiger partial charge in [0.15, 0.2) is 5.75 Å². The highest BCUT2D eigenvalue weighted by atomic mass is 16.7. The van der Waals surface area contributed by atoms with Gasteiger partial charge in [0.1, 0.15) is 0 Å². The van der Waals surface area contributed by atoms with Crippen LogP contribution in [0.2, 0.25) is 0 Å². The van der Waals surface area contributed by atoms with Gasteiger partial charge in [-0.1, -0.05) is 50.5 Å². The molecule has 0 fully saturated rings. The molecule has 5 nitrogen and oxygen atoms in total. The van der Waals surface area contributed by atoms with Crippen molar-refractivity contribution in [1.29, 1.82) is 5.41 Å². The zero-order chi connectivity index (χ0) is 15.1. The van der Waals surface area contributed by atoms with Crippen molar-refractivity contribution in [2.45, 2.75) is 32.6 Å². The van der Waals surface area contributed by atoms with Gasteiger partial charge in [-0.25, -0.2) is 0 Å². The van der Waals surface area contributed by atoms with Gasteiger partial charge in [-0.05, 0) is 12.5 Å². The topological polar surface area (TPSA) is 74.4 Å². The number of hydrogen-bond acceptors (Lipinski definition) is 3. The Balaban J connectivity index is 2.03. The van der Waals surface area contributed by atoms with E-state index in [1.165, 1.54) is 17.9 Å². The van der Waals surface area contributed by atoms with E-state index in [9.17, 15) is 0 Å². The number of guanidine groups is 1. The van der Waals surface area contributed by atoms with Gasteiger partial charge in [-0.3, -0.25) is 5.41 Å². The second-order valence-corrected chi connectivity index (χ2v) is 5.14. The lowest BCUT2D eigenvalue weighted by atomic mass is 10.1. The maximum absolute atomic E-state index is 7.67. The highest BCUT2D eigenvalue weighted by molar-refractivity contribution is 5.77. The molecule has 1 heterocycles. The SMILES string of the molecule is CCCCCCN(Oc1cccc2c1NCC=C2)C(=N)N. The largest absolute Gasteiger partial charge is 0.378 e. The summed E-state index contributed by atoms with van der Waals surface area (Å²) in [6.07, 6.45) is 8.60. The van der Waals surface area contributed by atoms with Crippen LogP contribution < -0.4 is 15.9 Å². The Kier molecular flexibility index (Phi) is 5.49. The zero-order valence-electron chi connectivity index (χ0n) is 12.6. The molecule has 0 atom stereocenters. The minimum absolute atomic E-state index is 0.0598. The highest BCUT2D eigenvalue weighted by Crippen LogP contribution is 2.31. The summed E-state index contributed by atoms with van der Waals surface area (Å²) in [6, 6.07) is 5.87. The van der Waals surface area contributed by atoms with Crippen LogP contribution in [-0.2, 0) is 0 Å². The van der Waals surface area contributed by atoms with E-state index in [4.69, 9.17) is 16.0 Å². The molecule has 0 amide bonds. The van der Waals surface area contributed by atoms with E-state index in [0.29, 0.717) is 12.3 Å². The minimum atomic E-state index is -0.0598. The first-order valence-corrected chi connectivity index (χ1v) is 7.55. The highest BCUT2D eigenvalue weighted by Gasteiger charge is 2.15. The first-order chi connectivity index (χ1) is 10.2. The molecule has 114 valence electrons. The molecule has 2 rings (SSSR count). The summed E-state index contributed by atoms with van der Waals surface area (Å²) >= 11 is 0. The Morgan fingerprint density at radius 1 is 1.38 bits per heavy atom. The van der Waals surface area contributed by atoms with Crippen LogP contribution in [0, 0.1) is 5.41 Å². The maximum Gasteiger partial charge on any atom is 0.222 e. The molecule has 0 unspecified atom stereocenters. The van der Waals surface area contributed by atoms with Crippen LogP contribution in [0.4, 0.5) is 5.69 Å². The first kappa shape index (κ1) is 15.2. The van der Waals surface area contributed by atoms with E-state index >= 15 is 0 Å². The molecule has 0 aromatic heterocycles. The fourth-order valence-electron chi connectivity index (χ4n) is 2.32. The van der Waals surface area contributed by atoms with Gasteiger partial charge >= 0.3 is 0 Å². The van der Waals surface area contributed by atoms with Crippen LogP contribution in [0.5, 0.6) is 5.75 Å². The fourth-order valence-corrected chi connectivity index (χ4v) is 2.32. The van der Waals surface area contributed by atoms with Crippen molar-refractivity contribution in [3.63, 3.8) is 0 Å². The Hall–Kier alpha value is -2.17. The van der Waals surface area contributed by atoms with Gasteiger partial charge in [-0.2, -0.15) is 5.06 Å². The quantitative estimate of drug-likeness (QED) is 0.312. The van der Waals surface area contributed by atoms with E-state index in [0.717, 1.165) is 30.6 Å². The molecule has 4 N–H and O–H groups in total. The van der Waals surface area contributed by atoms with Crippen molar-refractivity contribution in [2.75, 3.05) is 18.4 Å². The van der Waals surface area contributed by atoms with E-state index in [-0.39, 0.29) is 5.96 Å². The van der Waals surface area contributed by atoms with Crippen LogP contribution in [0.1, 0.15) is 38.2 Å². The number of unbranched alkanes of at least 4 members (excludes halogenated alkanes) is 3. The third kappa shape index (κ3) is 4.15. The predicted octanol–water partition coefficient (Wildman–Crippen LogP) is 3.19. The molecule has 1 aromatic rings. The van der Waals surface area contributed by atoms with Gasteiger partial charge in [-0.15, -0.1) is 0 Å². The average molecular weight is 288 g/mol. The summed E-state index contributed by atoms with van der Waals surface area (Å²) in [4.78, 5) is 5.84. The normalized spacial score (nSPS) is 12.4. The second kappa shape index (κ2) is 7.57. The van der Waals surface area contributed by atoms with Crippen molar-refractivity contribution in [2.24, 2.45) is 5.73 Å². The molecule has 1 aliphatic heterocycles. The lowest BCUT2D eigenvalue weighted by molar-refractivity contribution is 0.0155. The molecule has 0 saturated carbocycles. The van der Waals surface area contributed by atoms with Crippen molar-refractivity contribution < 1.29 is 4.84 Å². The Morgan fingerprint density at radius 3 is 3.00 bits per heavy atom. The van der Waals surface area contributed by atoms with Crippen molar-refractivity contribution in [3.8, 4) is 5.75 Å². The van der Waals surface area contributed by atoms with Gasteiger partial charge in [0.2, 0.25) is 5.96 Å².